The molecule has 1 atom stereocenters. The maximum absolute atomic E-state index is 12.3. The van der Waals surface area contributed by atoms with Gasteiger partial charge in [0.05, 0.1) is 11.4 Å². The van der Waals surface area contributed by atoms with Crippen molar-refractivity contribution in [2.24, 2.45) is 5.92 Å². The van der Waals surface area contributed by atoms with Crippen molar-refractivity contribution in [1.29, 1.82) is 0 Å². The topological polar surface area (TPSA) is 58.4 Å². The fourth-order valence-electron chi connectivity index (χ4n) is 3.16. The van der Waals surface area contributed by atoms with Gasteiger partial charge in [0.25, 0.3) is 0 Å². The first-order valence-electron chi connectivity index (χ1n) is 8.29. The van der Waals surface area contributed by atoms with Crippen LogP contribution in [-0.4, -0.2) is 45.4 Å². The molecule has 1 N–H and O–H groups in total. The predicted molar refractivity (Wildman–Crippen MR) is 93.8 cm³/mol. The lowest BCUT2D eigenvalue weighted by Gasteiger charge is -2.13. The number of para-hydroxylation sites is 1. The van der Waals surface area contributed by atoms with E-state index in [-0.39, 0.29) is 18.4 Å². The molecule has 1 fully saturated rings. The molecule has 5 heteroatoms. The van der Waals surface area contributed by atoms with Gasteiger partial charge < -0.3 is 10.0 Å². The summed E-state index contributed by atoms with van der Waals surface area (Å²) in [4.78, 5) is 14.1. The zero-order valence-corrected chi connectivity index (χ0v) is 14.1. The monoisotopic (exact) mass is 325 g/mol. The standard InChI is InChI=1S/C19H23N3O2/c1-14-18(8-9-19(24)21-11-10-16(12-21)13-23)15(2)22(20-14)17-6-4-3-5-7-17/h3-9,16,23H,10-13H2,1-2H3/b9-8+. The van der Waals surface area contributed by atoms with Gasteiger partial charge in [0, 0.05) is 42.9 Å². The van der Waals surface area contributed by atoms with Crippen molar-refractivity contribution in [3.63, 3.8) is 0 Å². The minimum absolute atomic E-state index is 0.00258. The maximum Gasteiger partial charge on any atom is 0.246 e. The van der Waals surface area contributed by atoms with Crippen LogP contribution in [-0.2, 0) is 4.79 Å². The highest BCUT2D eigenvalue weighted by Crippen LogP contribution is 2.20. The minimum Gasteiger partial charge on any atom is -0.396 e. The summed E-state index contributed by atoms with van der Waals surface area (Å²) in [7, 11) is 0. The third-order valence-corrected chi connectivity index (χ3v) is 4.60. The summed E-state index contributed by atoms with van der Waals surface area (Å²) in [6, 6.07) is 9.96. The molecule has 1 unspecified atom stereocenters. The van der Waals surface area contributed by atoms with E-state index in [1.54, 1.807) is 11.0 Å². The van der Waals surface area contributed by atoms with Gasteiger partial charge in [0.1, 0.15) is 0 Å². The molecule has 0 saturated carbocycles. The van der Waals surface area contributed by atoms with Crippen LogP contribution in [0, 0.1) is 19.8 Å². The van der Waals surface area contributed by atoms with E-state index in [0.717, 1.165) is 35.6 Å². The normalized spacial score (nSPS) is 17.8. The third-order valence-electron chi connectivity index (χ3n) is 4.60. The number of aliphatic hydroxyl groups excluding tert-OH is 1. The van der Waals surface area contributed by atoms with Crippen LogP contribution in [0.15, 0.2) is 36.4 Å². The lowest BCUT2D eigenvalue weighted by molar-refractivity contribution is -0.125. The molecule has 1 aromatic carbocycles. The quantitative estimate of drug-likeness (QED) is 0.878. The fraction of sp³-hybridized carbons (Fsp3) is 0.368. The maximum atomic E-state index is 12.3. The van der Waals surface area contributed by atoms with E-state index in [4.69, 9.17) is 0 Å². The van der Waals surface area contributed by atoms with Gasteiger partial charge in [0.15, 0.2) is 0 Å². The Morgan fingerprint density at radius 3 is 2.75 bits per heavy atom. The number of carbonyl (C=O) groups is 1. The second-order valence-corrected chi connectivity index (χ2v) is 6.29. The highest BCUT2D eigenvalue weighted by Gasteiger charge is 2.24. The molecule has 0 aliphatic carbocycles. The number of aliphatic hydroxyl groups is 1. The molecular formula is C19H23N3O2. The molecule has 0 bridgehead atoms. The highest BCUT2D eigenvalue weighted by molar-refractivity contribution is 5.92. The van der Waals surface area contributed by atoms with E-state index >= 15 is 0 Å². The smallest absolute Gasteiger partial charge is 0.246 e. The first-order chi connectivity index (χ1) is 11.6. The van der Waals surface area contributed by atoms with Crippen LogP contribution in [0.5, 0.6) is 0 Å². The Balaban J connectivity index is 1.78. The van der Waals surface area contributed by atoms with E-state index in [1.807, 2.05) is 54.9 Å². The average Bonchev–Trinajstić information content (AvgIpc) is 3.19. The minimum atomic E-state index is -0.00258. The zero-order chi connectivity index (χ0) is 17.1. The second-order valence-electron chi connectivity index (χ2n) is 6.29. The summed E-state index contributed by atoms with van der Waals surface area (Å²) in [6.07, 6.45) is 4.35. The molecule has 2 heterocycles. The second kappa shape index (κ2) is 7.01. The highest BCUT2D eigenvalue weighted by atomic mass is 16.3. The van der Waals surface area contributed by atoms with Crippen molar-refractivity contribution in [1.82, 2.24) is 14.7 Å². The van der Waals surface area contributed by atoms with Crippen LogP contribution in [0.3, 0.4) is 0 Å². The van der Waals surface area contributed by atoms with Gasteiger partial charge in [0.2, 0.25) is 5.91 Å². The van der Waals surface area contributed by atoms with Gasteiger partial charge in [-0.05, 0) is 38.5 Å². The van der Waals surface area contributed by atoms with E-state index in [1.165, 1.54) is 0 Å². The summed E-state index contributed by atoms with van der Waals surface area (Å²) in [5.74, 6) is 0.212. The summed E-state index contributed by atoms with van der Waals surface area (Å²) in [5, 5.41) is 13.8. The largest absolute Gasteiger partial charge is 0.396 e. The van der Waals surface area contributed by atoms with Crippen molar-refractivity contribution in [3.05, 3.63) is 53.4 Å². The summed E-state index contributed by atoms with van der Waals surface area (Å²) >= 11 is 0. The molecule has 24 heavy (non-hydrogen) atoms. The van der Waals surface area contributed by atoms with Crippen LogP contribution < -0.4 is 0 Å². The number of amides is 1. The molecule has 126 valence electrons. The Labute approximate surface area is 142 Å². The van der Waals surface area contributed by atoms with Crippen LogP contribution in [0.4, 0.5) is 0 Å². The molecule has 0 spiro atoms. The molecule has 1 amide bonds. The fourth-order valence-corrected chi connectivity index (χ4v) is 3.16. The van der Waals surface area contributed by atoms with Crippen molar-refractivity contribution in [2.75, 3.05) is 19.7 Å². The van der Waals surface area contributed by atoms with Gasteiger partial charge in [-0.2, -0.15) is 5.10 Å². The number of nitrogens with zero attached hydrogens (tertiary/aromatic N) is 3. The summed E-state index contributed by atoms with van der Waals surface area (Å²) in [5.41, 5.74) is 3.90. The van der Waals surface area contributed by atoms with Crippen LogP contribution in [0.2, 0.25) is 0 Å². The number of hydrogen-bond donors (Lipinski definition) is 1. The van der Waals surface area contributed by atoms with Crippen LogP contribution in [0.25, 0.3) is 11.8 Å². The van der Waals surface area contributed by atoms with Crippen molar-refractivity contribution >= 4 is 12.0 Å². The predicted octanol–water partition coefficient (Wildman–Crippen LogP) is 2.34. The number of aromatic nitrogens is 2. The van der Waals surface area contributed by atoms with E-state index in [2.05, 4.69) is 5.10 Å². The summed E-state index contributed by atoms with van der Waals surface area (Å²) in [6.45, 7) is 5.47. The first kappa shape index (κ1) is 16.5. The molecule has 5 nitrogen and oxygen atoms in total. The Morgan fingerprint density at radius 1 is 1.33 bits per heavy atom. The summed E-state index contributed by atoms with van der Waals surface area (Å²) < 4.78 is 1.90. The van der Waals surface area contributed by atoms with Gasteiger partial charge in [-0.25, -0.2) is 4.68 Å². The first-order valence-corrected chi connectivity index (χ1v) is 8.29. The number of benzene rings is 1. The van der Waals surface area contributed by atoms with Crippen LogP contribution in [0.1, 0.15) is 23.4 Å². The molecule has 1 aliphatic heterocycles. The van der Waals surface area contributed by atoms with Gasteiger partial charge in [-0.1, -0.05) is 18.2 Å². The number of likely N-dealkylation sites (tertiary alicyclic amines) is 1. The van der Waals surface area contributed by atoms with Crippen LogP contribution >= 0.6 is 0 Å². The van der Waals surface area contributed by atoms with Crippen molar-refractivity contribution in [2.45, 2.75) is 20.3 Å². The van der Waals surface area contributed by atoms with Crippen molar-refractivity contribution in [3.8, 4) is 5.69 Å². The lowest BCUT2D eigenvalue weighted by Crippen LogP contribution is -2.27. The molecule has 0 radical (unpaired) electrons. The van der Waals surface area contributed by atoms with Gasteiger partial charge in [-0.15, -0.1) is 0 Å². The van der Waals surface area contributed by atoms with Gasteiger partial charge in [-0.3, -0.25) is 4.79 Å². The number of hydrogen-bond acceptors (Lipinski definition) is 3. The SMILES string of the molecule is Cc1nn(-c2ccccc2)c(C)c1/C=C/C(=O)N1CCC(CO)C1. The zero-order valence-electron chi connectivity index (χ0n) is 14.1. The molecule has 1 saturated heterocycles. The third kappa shape index (κ3) is 3.26. The van der Waals surface area contributed by atoms with E-state index in [9.17, 15) is 9.90 Å². The average molecular weight is 325 g/mol. The molecule has 2 aromatic rings. The Bertz CT molecular complexity index is 749. The Hall–Kier alpha value is -2.40. The Kier molecular flexibility index (Phi) is 4.81. The Morgan fingerprint density at radius 2 is 2.08 bits per heavy atom. The number of carbonyl (C=O) groups excluding carboxylic acids is 1. The van der Waals surface area contributed by atoms with Crippen molar-refractivity contribution < 1.29 is 9.90 Å². The molecule has 3 rings (SSSR count). The lowest BCUT2D eigenvalue weighted by atomic mass is 10.1. The molecule has 1 aliphatic rings. The molecular weight excluding hydrogens is 302 g/mol. The number of rotatable bonds is 4. The number of aryl methyl sites for hydroxylation is 1. The molecule has 1 aromatic heterocycles. The van der Waals surface area contributed by atoms with E-state index in [0.29, 0.717) is 6.54 Å². The van der Waals surface area contributed by atoms with E-state index < -0.39 is 0 Å². The van der Waals surface area contributed by atoms with Gasteiger partial charge >= 0.3 is 0 Å².